The van der Waals surface area contributed by atoms with Crippen LogP contribution in [-0.2, 0) is 11.3 Å². The monoisotopic (exact) mass is 348 g/mol. The lowest BCUT2D eigenvalue weighted by molar-refractivity contribution is -0.123. The molecule has 24 heavy (non-hydrogen) atoms. The van der Waals surface area contributed by atoms with Gasteiger partial charge in [-0.3, -0.25) is 9.48 Å². The van der Waals surface area contributed by atoms with E-state index in [-0.39, 0.29) is 12.5 Å². The normalized spacial score (nSPS) is 11.0. The van der Waals surface area contributed by atoms with Gasteiger partial charge in [0.25, 0.3) is 5.91 Å². The lowest BCUT2D eigenvalue weighted by atomic mass is 10.1. The van der Waals surface area contributed by atoms with E-state index < -0.39 is 0 Å². The minimum atomic E-state index is -0.336. The summed E-state index contributed by atoms with van der Waals surface area (Å²) in [5.74, 6) is 0.269. The molecule has 0 aliphatic heterocycles. The van der Waals surface area contributed by atoms with Crippen molar-refractivity contribution in [2.45, 2.75) is 34.2 Å². The molecule has 0 radical (unpaired) electrons. The number of benzene rings is 1. The molecule has 0 atom stereocenters. The van der Waals surface area contributed by atoms with Gasteiger partial charge in [0.15, 0.2) is 6.61 Å². The Kier molecular flexibility index (Phi) is 5.98. The number of halogens is 1. The molecule has 1 amide bonds. The number of aromatic nitrogens is 2. The molecule has 1 heterocycles. The van der Waals surface area contributed by atoms with Gasteiger partial charge < -0.3 is 4.74 Å². The molecule has 0 saturated heterocycles. The molecule has 1 N–H and O–H groups in total. The lowest BCUT2D eigenvalue weighted by Crippen LogP contribution is -2.24. The first-order chi connectivity index (χ1) is 11.4. The van der Waals surface area contributed by atoms with Gasteiger partial charge in [-0.15, -0.1) is 0 Å². The zero-order chi connectivity index (χ0) is 17.7. The lowest BCUT2D eigenvalue weighted by Gasteiger charge is -2.09. The van der Waals surface area contributed by atoms with E-state index in [9.17, 15) is 4.79 Å². The topological polar surface area (TPSA) is 68.5 Å². The minimum absolute atomic E-state index is 0.120. The van der Waals surface area contributed by atoms with Crippen molar-refractivity contribution in [2.24, 2.45) is 5.10 Å². The fourth-order valence-corrected chi connectivity index (χ4v) is 2.36. The Morgan fingerprint density at radius 2 is 2.04 bits per heavy atom. The minimum Gasteiger partial charge on any atom is -0.484 e. The largest absolute Gasteiger partial charge is 0.484 e. The van der Waals surface area contributed by atoms with Crippen LogP contribution in [0.25, 0.3) is 0 Å². The van der Waals surface area contributed by atoms with Gasteiger partial charge in [0.1, 0.15) is 5.75 Å². The van der Waals surface area contributed by atoms with Crippen LogP contribution in [0.2, 0.25) is 5.02 Å². The summed E-state index contributed by atoms with van der Waals surface area (Å²) in [6.07, 6.45) is 3.28. The number of rotatable bonds is 6. The first kappa shape index (κ1) is 18.0. The summed E-state index contributed by atoms with van der Waals surface area (Å²) in [6.45, 7) is 8.43. The molecule has 0 aliphatic carbocycles. The highest BCUT2D eigenvalue weighted by Gasteiger charge is 2.06. The number of hydrogen-bond acceptors (Lipinski definition) is 4. The number of nitrogens with zero attached hydrogens (tertiary/aromatic N) is 3. The number of carbonyl (C=O) groups excluding carboxylic acids is 1. The van der Waals surface area contributed by atoms with Gasteiger partial charge in [-0.2, -0.15) is 10.2 Å². The van der Waals surface area contributed by atoms with Crippen molar-refractivity contribution < 1.29 is 9.53 Å². The highest BCUT2D eigenvalue weighted by molar-refractivity contribution is 6.32. The first-order valence-corrected chi connectivity index (χ1v) is 8.04. The zero-order valence-electron chi connectivity index (χ0n) is 14.3. The third-order valence-corrected chi connectivity index (χ3v) is 4.21. The summed E-state index contributed by atoms with van der Waals surface area (Å²) in [4.78, 5) is 11.8. The van der Waals surface area contributed by atoms with Crippen LogP contribution in [0.3, 0.4) is 0 Å². The Hall–Kier alpha value is -2.34. The molecular weight excluding hydrogens is 328 g/mol. The van der Waals surface area contributed by atoms with E-state index >= 15 is 0 Å². The van der Waals surface area contributed by atoms with Gasteiger partial charge >= 0.3 is 0 Å². The van der Waals surface area contributed by atoms with E-state index in [0.717, 1.165) is 28.9 Å². The van der Waals surface area contributed by atoms with Crippen molar-refractivity contribution in [3.05, 3.63) is 45.7 Å². The highest BCUT2D eigenvalue weighted by atomic mass is 35.5. The van der Waals surface area contributed by atoms with E-state index in [4.69, 9.17) is 16.3 Å². The predicted octanol–water partition coefficient (Wildman–Crippen LogP) is 3.01. The summed E-state index contributed by atoms with van der Waals surface area (Å²) in [5.41, 5.74) is 6.12. The van der Waals surface area contributed by atoms with Crippen molar-refractivity contribution in [1.29, 1.82) is 0 Å². The molecule has 2 rings (SSSR count). The summed E-state index contributed by atoms with van der Waals surface area (Å²) >= 11 is 6.10. The van der Waals surface area contributed by atoms with E-state index in [1.165, 1.54) is 0 Å². The number of amides is 1. The van der Waals surface area contributed by atoms with Gasteiger partial charge in [-0.25, -0.2) is 5.43 Å². The Morgan fingerprint density at radius 3 is 2.62 bits per heavy atom. The van der Waals surface area contributed by atoms with Crippen molar-refractivity contribution in [1.82, 2.24) is 15.2 Å². The molecule has 0 fully saturated rings. The number of nitrogens with one attached hydrogen (secondary N) is 1. The van der Waals surface area contributed by atoms with Crippen LogP contribution >= 0.6 is 11.6 Å². The maximum Gasteiger partial charge on any atom is 0.277 e. The Labute approximate surface area is 146 Å². The molecular formula is C17H21ClN4O2. The smallest absolute Gasteiger partial charge is 0.277 e. The maximum atomic E-state index is 11.8. The van der Waals surface area contributed by atoms with Crippen LogP contribution in [0.4, 0.5) is 0 Å². The molecule has 6 nitrogen and oxygen atoms in total. The molecule has 0 aliphatic rings. The maximum absolute atomic E-state index is 11.8. The Balaban J connectivity index is 1.87. The Bertz CT molecular complexity index is 745. The first-order valence-electron chi connectivity index (χ1n) is 7.66. The molecule has 1 aromatic heterocycles. The van der Waals surface area contributed by atoms with Gasteiger partial charge in [0, 0.05) is 22.8 Å². The quantitative estimate of drug-likeness (QED) is 0.644. The van der Waals surface area contributed by atoms with E-state index in [1.54, 1.807) is 24.5 Å². The van der Waals surface area contributed by atoms with Crippen LogP contribution in [0, 0.1) is 20.8 Å². The second-order valence-corrected chi connectivity index (χ2v) is 5.83. The van der Waals surface area contributed by atoms with Gasteiger partial charge in [0.2, 0.25) is 0 Å². The fourth-order valence-electron chi connectivity index (χ4n) is 2.25. The number of ether oxygens (including phenoxy) is 1. The molecule has 7 heteroatoms. The highest BCUT2D eigenvalue weighted by Crippen LogP contribution is 2.25. The van der Waals surface area contributed by atoms with Crippen LogP contribution < -0.4 is 10.2 Å². The summed E-state index contributed by atoms with van der Waals surface area (Å²) in [7, 11) is 0. The summed E-state index contributed by atoms with van der Waals surface area (Å²) < 4.78 is 7.33. The average molecular weight is 349 g/mol. The van der Waals surface area contributed by atoms with E-state index in [1.807, 2.05) is 32.4 Å². The Morgan fingerprint density at radius 1 is 1.38 bits per heavy atom. The second kappa shape index (κ2) is 7.97. The molecule has 128 valence electrons. The third kappa shape index (κ3) is 4.35. The van der Waals surface area contributed by atoms with Gasteiger partial charge in [-0.05, 0) is 51.0 Å². The van der Waals surface area contributed by atoms with Crippen molar-refractivity contribution >= 4 is 23.7 Å². The number of hydrazone groups is 1. The second-order valence-electron chi connectivity index (χ2n) is 5.45. The number of aryl methyl sites for hydroxylation is 3. The summed E-state index contributed by atoms with van der Waals surface area (Å²) in [6, 6.07) is 3.60. The number of carbonyl (C=O) groups is 1. The molecule has 1 aromatic carbocycles. The summed E-state index contributed by atoms with van der Waals surface area (Å²) in [5, 5.41) is 8.85. The molecule has 0 unspecified atom stereocenters. The van der Waals surface area contributed by atoms with Gasteiger partial charge in [0.05, 0.1) is 12.4 Å². The average Bonchev–Trinajstić information content (AvgIpc) is 2.90. The third-order valence-electron chi connectivity index (χ3n) is 3.61. The van der Waals surface area contributed by atoms with E-state index in [2.05, 4.69) is 15.6 Å². The predicted molar refractivity (Wildman–Crippen MR) is 94.8 cm³/mol. The molecule has 0 bridgehead atoms. The standard InChI is InChI=1S/C17H21ClN4O2/c1-5-22-13(4)14(9-20-22)8-19-21-16(23)10-24-15-6-11(2)17(18)12(3)7-15/h6-9H,5,10H2,1-4H3,(H,21,23)/b19-8+. The van der Waals surface area contributed by atoms with Crippen LogP contribution in [0.15, 0.2) is 23.4 Å². The zero-order valence-corrected chi connectivity index (χ0v) is 15.0. The van der Waals surface area contributed by atoms with Crippen molar-refractivity contribution in [3.8, 4) is 5.75 Å². The van der Waals surface area contributed by atoms with Crippen LogP contribution in [0.1, 0.15) is 29.3 Å². The van der Waals surface area contributed by atoms with Crippen molar-refractivity contribution in [3.63, 3.8) is 0 Å². The van der Waals surface area contributed by atoms with Crippen LogP contribution in [0.5, 0.6) is 5.75 Å². The van der Waals surface area contributed by atoms with Crippen LogP contribution in [-0.4, -0.2) is 28.5 Å². The van der Waals surface area contributed by atoms with Gasteiger partial charge in [-0.1, -0.05) is 11.6 Å². The molecule has 0 spiro atoms. The SMILES string of the molecule is CCn1ncc(/C=N/NC(=O)COc2cc(C)c(Cl)c(C)c2)c1C. The fraction of sp³-hybridized carbons (Fsp3) is 0.353. The molecule has 2 aromatic rings. The number of hydrogen-bond donors (Lipinski definition) is 1. The molecule has 0 saturated carbocycles. The van der Waals surface area contributed by atoms with Crippen molar-refractivity contribution in [2.75, 3.05) is 6.61 Å². The van der Waals surface area contributed by atoms with E-state index in [0.29, 0.717) is 10.8 Å².